The molecule has 4 aromatic rings. The van der Waals surface area contributed by atoms with Gasteiger partial charge in [0, 0.05) is 16.6 Å². The van der Waals surface area contributed by atoms with Crippen molar-refractivity contribution in [2.45, 2.75) is 24.9 Å². The molecule has 39 heavy (non-hydrogen) atoms. The average molecular weight is 586 g/mol. The number of rotatable bonds is 11. The number of furan rings is 1. The highest BCUT2D eigenvalue weighted by molar-refractivity contribution is 7.89. The number of ether oxygens (including phenoxy) is 1. The highest BCUT2D eigenvalue weighted by Gasteiger charge is 2.27. The summed E-state index contributed by atoms with van der Waals surface area (Å²) in [6, 6.07) is 23.7. The molecule has 0 saturated carbocycles. The minimum Gasteiger partial charge on any atom is -0.484 e. The highest BCUT2D eigenvalue weighted by atomic mass is 35.5. The molecule has 0 atom stereocenters. The SMILES string of the molecule is Cc1ccc(S(=O)(=O)N(Cc2ccc(/C=N\NC(=O)COc3ccccc3)o2)Cc2ccc(Cl)cc2Cl)cc1. The van der Waals surface area contributed by atoms with Crippen molar-refractivity contribution < 1.29 is 22.4 Å². The Labute approximate surface area is 236 Å². The van der Waals surface area contributed by atoms with Crippen molar-refractivity contribution >= 4 is 45.3 Å². The Morgan fingerprint density at radius 1 is 1.00 bits per heavy atom. The predicted octanol–water partition coefficient (Wildman–Crippen LogP) is 5.82. The molecule has 3 aromatic carbocycles. The van der Waals surface area contributed by atoms with Gasteiger partial charge >= 0.3 is 0 Å². The van der Waals surface area contributed by atoms with Crippen LogP contribution in [0.2, 0.25) is 10.0 Å². The first-order valence-corrected chi connectivity index (χ1v) is 14.0. The van der Waals surface area contributed by atoms with Gasteiger partial charge in [-0.15, -0.1) is 0 Å². The molecule has 4 rings (SSSR count). The van der Waals surface area contributed by atoms with Crippen LogP contribution in [0.1, 0.15) is 22.6 Å². The smallest absolute Gasteiger partial charge is 0.277 e. The Balaban J connectivity index is 1.46. The van der Waals surface area contributed by atoms with Crippen molar-refractivity contribution in [3.8, 4) is 5.75 Å². The first kappa shape index (κ1) is 28.4. The lowest BCUT2D eigenvalue weighted by molar-refractivity contribution is -0.123. The van der Waals surface area contributed by atoms with Gasteiger partial charge in [-0.25, -0.2) is 13.8 Å². The number of aryl methyl sites for hydroxylation is 1. The van der Waals surface area contributed by atoms with Crippen LogP contribution < -0.4 is 10.2 Å². The van der Waals surface area contributed by atoms with Crippen molar-refractivity contribution in [1.82, 2.24) is 9.73 Å². The van der Waals surface area contributed by atoms with Crippen LogP contribution in [0.3, 0.4) is 0 Å². The fourth-order valence-electron chi connectivity index (χ4n) is 3.51. The zero-order chi connectivity index (χ0) is 27.8. The van der Waals surface area contributed by atoms with Crippen LogP contribution in [-0.2, 0) is 27.9 Å². The molecule has 1 N–H and O–H groups in total. The fraction of sp³-hybridized carbons (Fsp3) is 0.143. The number of hydrogen-bond acceptors (Lipinski definition) is 6. The number of amides is 1. The summed E-state index contributed by atoms with van der Waals surface area (Å²) < 4.78 is 39.6. The lowest BCUT2D eigenvalue weighted by Gasteiger charge is -2.22. The molecule has 0 unspecified atom stereocenters. The zero-order valence-corrected chi connectivity index (χ0v) is 23.2. The molecule has 0 spiro atoms. The number of sulfonamides is 1. The van der Waals surface area contributed by atoms with Gasteiger partial charge in [-0.05, 0) is 61.0 Å². The van der Waals surface area contributed by atoms with E-state index in [0.717, 1.165) is 5.56 Å². The molecule has 0 bridgehead atoms. The number of hydrazone groups is 1. The lowest BCUT2D eigenvalue weighted by atomic mass is 10.2. The van der Waals surface area contributed by atoms with Gasteiger partial charge in [0.15, 0.2) is 6.61 Å². The average Bonchev–Trinajstić information content (AvgIpc) is 3.36. The van der Waals surface area contributed by atoms with Crippen LogP contribution in [0.4, 0.5) is 0 Å². The van der Waals surface area contributed by atoms with Gasteiger partial charge in [0.05, 0.1) is 17.7 Å². The van der Waals surface area contributed by atoms with Crippen LogP contribution in [0.25, 0.3) is 0 Å². The standard InChI is InChI=1S/C28H25Cl2N3O5S/c1-20-7-13-26(14-8-20)39(35,36)33(17-21-9-10-22(29)15-27(21)30)18-25-12-11-24(38-25)16-31-32-28(34)19-37-23-5-3-2-4-6-23/h2-16H,17-19H2,1H3,(H,32,34)/b31-16-. The minimum atomic E-state index is -3.91. The van der Waals surface area contributed by atoms with Crippen LogP contribution in [-0.4, -0.2) is 31.5 Å². The first-order valence-electron chi connectivity index (χ1n) is 11.8. The lowest BCUT2D eigenvalue weighted by Crippen LogP contribution is -2.30. The molecule has 0 fully saturated rings. The van der Waals surface area contributed by atoms with E-state index in [1.54, 1.807) is 78.9 Å². The van der Waals surface area contributed by atoms with Crippen molar-refractivity contribution in [1.29, 1.82) is 0 Å². The first-order chi connectivity index (χ1) is 18.7. The summed E-state index contributed by atoms with van der Waals surface area (Å²) in [6.07, 6.45) is 1.32. The molecule has 1 amide bonds. The molecular formula is C28H25Cl2N3O5S. The summed E-state index contributed by atoms with van der Waals surface area (Å²) in [5.74, 6) is 0.817. The number of hydrogen-bond donors (Lipinski definition) is 1. The van der Waals surface area contributed by atoms with Gasteiger partial charge in [-0.3, -0.25) is 4.79 Å². The molecule has 1 heterocycles. The molecule has 0 saturated heterocycles. The maximum atomic E-state index is 13.6. The van der Waals surface area contributed by atoms with Crippen molar-refractivity contribution in [2.24, 2.45) is 5.10 Å². The Hall–Kier alpha value is -3.63. The summed E-state index contributed by atoms with van der Waals surface area (Å²) in [5, 5.41) is 4.68. The van der Waals surface area contributed by atoms with Gasteiger partial charge in [0.2, 0.25) is 10.0 Å². The third kappa shape index (κ3) is 7.93. The molecule has 0 radical (unpaired) electrons. The summed E-state index contributed by atoms with van der Waals surface area (Å²) in [5.41, 5.74) is 3.89. The van der Waals surface area contributed by atoms with E-state index in [9.17, 15) is 13.2 Å². The summed E-state index contributed by atoms with van der Waals surface area (Å²) >= 11 is 12.4. The maximum absolute atomic E-state index is 13.6. The van der Waals surface area contributed by atoms with Crippen LogP contribution >= 0.6 is 23.2 Å². The van der Waals surface area contributed by atoms with Crippen LogP contribution in [0.5, 0.6) is 5.75 Å². The quantitative estimate of drug-likeness (QED) is 0.177. The van der Waals surface area contributed by atoms with Crippen molar-refractivity contribution in [2.75, 3.05) is 6.61 Å². The Morgan fingerprint density at radius 3 is 2.46 bits per heavy atom. The molecule has 0 aliphatic heterocycles. The van der Waals surface area contributed by atoms with Crippen molar-refractivity contribution in [3.63, 3.8) is 0 Å². The third-order valence-electron chi connectivity index (χ3n) is 5.53. The fourth-order valence-corrected chi connectivity index (χ4v) is 5.37. The van der Waals surface area contributed by atoms with Crippen LogP contribution in [0.15, 0.2) is 99.3 Å². The van der Waals surface area contributed by atoms with E-state index < -0.39 is 15.9 Å². The molecule has 202 valence electrons. The van der Waals surface area contributed by atoms with E-state index in [2.05, 4.69) is 10.5 Å². The number of carbonyl (C=O) groups excluding carboxylic acids is 1. The Bertz CT molecular complexity index is 1560. The van der Waals surface area contributed by atoms with E-state index in [1.165, 1.54) is 10.5 Å². The molecule has 1 aromatic heterocycles. The Kier molecular flexibility index (Phi) is 9.42. The number of carbonyl (C=O) groups is 1. The molecule has 8 nitrogen and oxygen atoms in total. The van der Waals surface area contributed by atoms with Crippen LogP contribution in [0, 0.1) is 6.92 Å². The van der Waals surface area contributed by atoms with Gasteiger partial charge in [-0.1, -0.05) is 65.2 Å². The van der Waals surface area contributed by atoms with Gasteiger partial charge in [-0.2, -0.15) is 9.41 Å². The second-order valence-electron chi connectivity index (χ2n) is 8.52. The summed E-state index contributed by atoms with van der Waals surface area (Å²) in [6.45, 7) is 1.60. The van der Waals surface area contributed by atoms with Gasteiger partial charge < -0.3 is 9.15 Å². The number of nitrogens with zero attached hydrogens (tertiary/aromatic N) is 2. The number of halogens is 2. The van der Waals surface area contributed by atoms with Gasteiger partial charge in [0.25, 0.3) is 5.91 Å². The largest absolute Gasteiger partial charge is 0.484 e. The molecular weight excluding hydrogens is 561 g/mol. The normalized spacial score (nSPS) is 11.7. The van der Waals surface area contributed by atoms with E-state index >= 15 is 0 Å². The number of nitrogens with one attached hydrogen (secondary N) is 1. The molecule has 11 heteroatoms. The maximum Gasteiger partial charge on any atom is 0.277 e. The zero-order valence-electron chi connectivity index (χ0n) is 20.9. The number of benzene rings is 3. The molecule has 0 aliphatic carbocycles. The van der Waals surface area contributed by atoms with Gasteiger partial charge in [0.1, 0.15) is 17.3 Å². The third-order valence-corrected chi connectivity index (χ3v) is 7.92. The topological polar surface area (TPSA) is 101 Å². The minimum absolute atomic E-state index is 0.00614. The summed E-state index contributed by atoms with van der Waals surface area (Å²) in [7, 11) is -3.91. The highest BCUT2D eigenvalue weighted by Crippen LogP contribution is 2.27. The predicted molar refractivity (Wildman–Crippen MR) is 150 cm³/mol. The number of para-hydroxylation sites is 1. The Morgan fingerprint density at radius 2 is 1.74 bits per heavy atom. The summed E-state index contributed by atoms with van der Waals surface area (Å²) in [4.78, 5) is 12.1. The van der Waals surface area contributed by atoms with E-state index in [4.69, 9.17) is 32.4 Å². The van der Waals surface area contributed by atoms with E-state index in [0.29, 0.717) is 32.9 Å². The van der Waals surface area contributed by atoms with E-state index in [-0.39, 0.29) is 24.6 Å². The van der Waals surface area contributed by atoms with E-state index in [1.807, 2.05) is 13.0 Å². The second kappa shape index (κ2) is 12.9. The van der Waals surface area contributed by atoms with Crippen molar-refractivity contribution in [3.05, 3.63) is 118 Å². The monoisotopic (exact) mass is 585 g/mol. The second-order valence-corrected chi connectivity index (χ2v) is 11.3. The molecule has 0 aliphatic rings.